The van der Waals surface area contributed by atoms with E-state index < -0.39 is 17.7 Å². The number of carboxylic acid groups (broad SMARTS) is 1. The van der Waals surface area contributed by atoms with Gasteiger partial charge in [0.2, 0.25) is 0 Å². The van der Waals surface area contributed by atoms with E-state index in [-0.39, 0.29) is 21.4 Å². The molecule has 8 heteroatoms. The molecule has 0 radical (unpaired) electrons. The summed E-state index contributed by atoms with van der Waals surface area (Å²) < 4.78 is 13.5. The Morgan fingerprint density at radius 1 is 1.42 bits per heavy atom. The van der Waals surface area contributed by atoms with Crippen LogP contribution in [0.5, 0.6) is 0 Å². The smallest absolute Gasteiger partial charge is 0.355 e. The topological polar surface area (TPSA) is 79.3 Å². The molecule has 0 aliphatic carbocycles. The van der Waals surface area contributed by atoms with E-state index in [0.717, 1.165) is 17.4 Å². The Bertz CT molecular complexity index is 639. The van der Waals surface area contributed by atoms with Crippen molar-refractivity contribution in [3.05, 3.63) is 45.7 Å². The number of rotatable bonds is 3. The number of thiazole rings is 1. The zero-order valence-electron chi connectivity index (χ0n) is 9.18. The highest BCUT2D eigenvalue weighted by Crippen LogP contribution is 2.22. The number of carboxylic acids is 1. The third kappa shape index (κ3) is 2.88. The van der Waals surface area contributed by atoms with Crippen LogP contribution < -0.4 is 5.32 Å². The number of aromatic nitrogens is 1. The van der Waals surface area contributed by atoms with Gasteiger partial charge in [0, 0.05) is 5.38 Å². The third-order valence-electron chi connectivity index (χ3n) is 2.13. The summed E-state index contributed by atoms with van der Waals surface area (Å²) in [6, 6.07) is 3.86. The van der Waals surface area contributed by atoms with Gasteiger partial charge in [-0.25, -0.2) is 14.2 Å². The molecular formula is C11H6ClFN2O3S. The van der Waals surface area contributed by atoms with E-state index in [1.54, 1.807) is 0 Å². The van der Waals surface area contributed by atoms with Crippen LogP contribution in [0.4, 0.5) is 9.52 Å². The van der Waals surface area contributed by atoms with Crippen molar-refractivity contribution in [2.24, 2.45) is 0 Å². The van der Waals surface area contributed by atoms with Gasteiger partial charge < -0.3 is 5.11 Å². The Morgan fingerprint density at radius 3 is 2.74 bits per heavy atom. The molecule has 2 rings (SSSR count). The number of anilines is 1. The SMILES string of the molecule is O=C(O)c1csc(NC(=O)c2c(F)cccc2Cl)n1. The van der Waals surface area contributed by atoms with E-state index in [1.807, 2.05) is 0 Å². The predicted molar refractivity (Wildman–Crippen MR) is 68.4 cm³/mol. The Morgan fingerprint density at radius 2 is 2.16 bits per heavy atom. The number of halogens is 2. The molecule has 19 heavy (non-hydrogen) atoms. The molecule has 98 valence electrons. The normalized spacial score (nSPS) is 10.2. The van der Waals surface area contributed by atoms with Crippen molar-refractivity contribution < 1.29 is 19.1 Å². The van der Waals surface area contributed by atoms with Crippen LogP contribution in [0.1, 0.15) is 20.8 Å². The lowest BCUT2D eigenvalue weighted by molar-refractivity contribution is 0.0691. The van der Waals surface area contributed by atoms with Gasteiger partial charge in [-0.15, -0.1) is 11.3 Å². The van der Waals surface area contributed by atoms with Crippen LogP contribution in [0.25, 0.3) is 0 Å². The fourth-order valence-corrected chi connectivity index (χ4v) is 2.23. The zero-order valence-corrected chi connectivity index (χ0v) is 10.8. The molecule has 0 bridgehead atoms. The number of amides is 1. The Labute approximate surface area is 115 Å². The number of hydrogen-bond donors (Lipinski definition) is 2. The summed E-state index contributed by atoms with van der Waals surface area (Å²) in [5.74, 6) is -2.75. The second-order valence-electron chi connectivity index (χ2n) is 3.39. The molecule has 1 aromatic carbocycles. The predicted octanol–water partition coefficient (Wildman–Crippen LogP) is 2.89. The minimum atomic E-state index is -1.21. The molecule has 0 saturated carbocycles. The molecule has 0 aliphatic rings. The standard InChI is InChI=1S/C11H6ClFN2O3S/c12-5-2-1-3-6(13)8(5)9(16)15-11-14-7(4-19-11)10(17)18/h1-4H,(H,17,18)(H,14,15,16). The molecule has 2 aromatic rings. The molecule has 0 atom stereocenters. The first-order valence-electron chi connectivity index (χ1n) is 4.93. The maximum absolute atomic E-state index is 13.5. The summed E-state index contributed by atoms with van der Waals surface area (Å²) >= 11 is 6.66. The Balaban J connectivity index is 2.23. The summed E-state index contributed by atoms with van der Waals surface area (Å²) in [6.07, 6.45) is 0. The molecule has 2 N–H and O–H groups in total. The largest absolute Gasteiger partial charge is 0.476 e. The van der Waals surface area contributed by atoms with E-state index in [9.17, 15) is 14.0 Å². The lowest BCUT2D eigenvalue weighted by Gasteiger charge is -2.04. The van der Waals surface area contributed by atoms with Gasteiger partial charge in [0.1, 0.15) is 5.82 Å². The molecular weight excluding hydrogens is 295 g/mol. The summed E-state index contributed by atoms with van der Waals surface area (Å²) in [4.78, 5) is 26.1. The number of benzene rings is 1. The second-order valence-corrected chi connectivity index (χ2v) is 4.66. The fraction of sp³-hybridized carbons (Fsp3) is 0. The van der Waals surface area contributed by atoms with Crippen molar-refractivity contribution in [3.8, 4) is 0 Å². The van der Waals surface area contributed by atoms with Crippen LogP contribution in [0, 0.1) is 5.82 Å². The summed E-state index contributed by atoms with van der Waals surface area (Å²) in [6.45, 7) is 0. The van der Waals surface area contributed by atoms with Crippen molar-refractivity contribution in [2.45, 2.75) is 0 Å². The van der Waals surface area contributed by atoms with Crippen molar-refractivity contribution in [3.63, 3.8) is 0 Å². The van der Waals surface area contributed by atoms with Gasteiger partial charge in [-0.1, -0.05) is 17.7 Å². The highest BCUT2D eigenvalue weighted by molar-refractivity contribution is 7.14. The number of nitrogens with zero attached hydrogens (tertiary/aromatic N) is 1. The summed E-state index contributed by atoms with van der Waals surface area (Å²) in [5.41, 5.74) is -0.504. The maximum Gasteiger partial charge on any atom is 0.355 e. The quantitative estimate of drug-likeness (QED) is 0.913. The molecule has 1 aromatic heterocycles. The Hall–Kier alpha value is -1.99. The van der Waals surface area contributed by atoms with Gasteiger partial charge in [-0.3, -0.25) is 10.1 Å². The molecule has 0 unspecified atom stereocenters. The molecule has 5 nitrogen and oxygen atoms in total. The van der Waals surface area contributed by atoms with E-state index >= 15 is 0 Å². The lowest BCUT2D eigenvalue weighted by atomic mass is 10.2. The average Bonchev–Trinajstić information content (AvgIpc) is 2.77. The first-order chi connectivity index (χ1) is 8.99. The first kappa shape index (κ1) is 13.4. The molecule has 0 aliphatic heterocycles. The van der Waals surface area contributed by atoms with Crippen molar-refractivity contribution in [1.29, 1.82) is 0 Å². The highest BCUT2D eigenvalue weighted by atomic mass is 35.5. The number of carbonyl (C=O) groups is 2. The summed E-state index contributed by atoms with van der Waals surface area (Å²) in [5, 5.41) is 12.3. The van der Waals surface area contributed by atoms with E-state index in [1.165, 1.54) is 17.5 Å². The van der Waals surface area contributed by atoms with Crippen LogP contribution in [0.3, 0.4) is 0 Å². The van der Waals surface area contributed by atoms with Crippen LogP contribution >= 0.6 is 22.9 Å². The van der Waals surface area contributed by atoms with E-state index in [4.69, 9.17) is 16.7 Å². The van der Waals surface area contributed by atoms with Gasteiger partial charge in [0.05, 0.1) is 10.6 Å². The minimum absolute atomic E-state index is 0.0347. The first-order valence-corrected chi connectivity index (χ1v) is 6.19. The molecule has 1 heterocycles. The monoisotopic (exact) mass is 300 g/mol. The number of carbonyl (C=O) groups excluding carboxylic acids is 1. The molecule has 0 spiro atoms. The second kappa shape index (κ2) is 5.33. The van der Waals surface area contributed by atoms with Crippen LogP contribution in [-0.2, 0) is 0 Å². The molecule has 0 fully saturated rings. The third-order valence-corrected chi connectivity index (χ3v) is 3.21. The Kier molecular flexibility index (Phi) is 3.77. The van der Waals surface area contributed by atoms with Gasteiger partial charge >= 0.3 is 5.97 Å². The highest BCUT2D eigenvalue weighted by Gasteiger charge is 2.17. The van der Waals surface area contributed by atoms with E-state index in [2.05, 4.69) is 10.3 Å². The maximum atomic E-state index is 13.5. The van der Waals surface area contributed by atoms with Crippen LogP contribution in [0.15, 0.2) is 23.6 Å². The molecule has 0 saturated heterocycles. The zero-order chi connectivity index (χ0) is 14.0. The minimum Gasteiger partial charge on any atom is -0.476 e. The van der Waals surface area contributed by atoms with Gasteiger partial charge in [-0.05, 0) is 12.1 Å². The lowest BCUT2D eigenvalue weighted by Crippen LogP contribution is -2.14. The number of hydrogen-bond acceptors (Lipinski definition) is 4. The molecule has 1 amide bonds. The fourth-order valence-electron chi connectivity index (χ4n) is 1.30. The van der Waals surface area contributed by atoms with Gasteiger partial charge in [-0.2, -0.15) is 0 Å². The number of nitrogens with one attached hydrogen (secondary N) is 1. The van der Waals surface area contributed by atoms with Gasteiger partial charge in [0.25, 0.3) is 5.91 Å². The van der Waals surface area contributed by atoms with Crippen molar-refractivity contribution >= 4 is 39.9 Å². The van der Waals surface area contributed by atoms with E-state index in [0.29, 0.717) is 0 Å². The average molecular weight is 301 g/mol. The van der Waals surface area contributed by atoms with Crippen LogP contribution in [0.2, 0.25) is 5.02 Å². The number of aromatic carboxylic acids is 1. The summed E-state index contributed by atoms with van der Waals surface area (Å²) in [7, 11) is 0. The van der Waals surface area contributed by atoms with Crippen molar-refractivity contribution in [2.75, 3.05) is 5.32 Å². The van der Waals surface area contributed by atoms with Gasteiger partial charge in [0.15, 0.2) is 10.8 Å². The van der Waals surface area contributed by atoms with Crippen LogP contribution in [-0.4, -0.2) is 22.0 Å². The van der Waals surface area contributed by atoms with Crippen molar-refractivity contribution in [1.82, 2.24) is 4.98 Å².